The highest BCUT2D eigenvalue weighted by molar-refractivity contribution is 5.64. The van der Waals surface area contributed by atoms with Gasteiger partial charge in [-0.3, -0.25) is 4.98 Å². The predicted molar refractivity (Wildman–Crippen MR) is 59.3 cm³/mol. The first-order valence-corrected chi connectivity index (χ1v) is 4.95. The Hall–Kier alpha value is -2.28. The van der Waals surface area contributed by atoms with Gasteiger partial charge in [0.05, 0.1) is 11.6 Å². The molecule has 0 aliphatic rings. The minimum absolute atomic E-state index is 0.244. The van der Waals surface area contributed by atoms with E-state index in [2.05, 4.69) is 4.98 Å². The zero-order valence-electron chi connectivity index (χ0n) is 8.77. The summed E-state index contributed by atoms with van der Waals surface area (Å²) in [4.78, 5) is 3.60. The van der Waals surface area contributed by atoms with Gasteiger partial charge in [0.2, 0.25) is 0 Å². The summed E-state index contributed by atoms with van der Waals surface area (Å²) >= 11 is 0. The molecule has 0 bridgehead atoms. The quantitative estimate of drug-likeness (QED) is 0.790. The maximum atomic E-state index is 12.5. The normalized spacial score (nSPS) is 10.2. The number of benzene rings is 1. The van der Waals surface area contributed by atoms with Crippen LogP contribution in [-0.4, -0.2) is 4.98 Å². The number of nitrogens with zero attached hydrogens (tertiary/aromatic N) is 2. The van der Waals surface area contributed by atoms with Gasteiger partial charge in [-0.2, -0.15) is 5.26 Å². The second-order valence-electron chi connectivity index (χ2n) is 3.46. The van der Waals surface area contributed by atoms with E-state index in [1.54, 1.807) is 30.3 Å². The third-order valence-electron chi connectivity index (χ3n) is 2.35. The second kappa shape index (κ2) is 4.71. The molecular weight excluding hydrogens is 222 g/mol. The van der Waals surface area contributed by atoms with Gasteiger partial charge in [0.15, 0.2) is 0 Å². The van der Waals surface area contributed by atoms with Crippen LogP contribution in [0.3, 0.4) is 0 Å². The van der Waals surface area contributed by atoms with Crippen LogP contribution >= 0.6 is 0 Å². The first-order valence-electron chi connectivity index (χ1n) is 4.95. The molecule has 0 atom stereocenters. The molecule has 0 aliphatic carbocycles. The molecule has 0 radical (unpaired) electrons. The molecule has 2 aromatic rings. The Morgan fingerprint density at radius 3 is 2.35 bits per heavy atom. The lowest BCUT2D eigenvalue weighted by Gasteiger charge is -2.04. The number of halogens is 2. The molecule has 0 amide bonds. The smallest absolute Gasteiger partial charge is 0.255 e. The van der Waals surface area contributed by atoms with Crippen LogP contribution in [0, 0.1) is 11.3 Å². The predicted octanol–water partition coefficient (Wildman–Crippen LogP) is 3.56. The average molecular weight is 230 g/mol. The van der Waals surface area contributed by atoms with Crippen molar-refractivity contribution < 1.29 is 8.78 Å². The Balaban J connectivity index is 2.39. The Kier molecular flexibility index (Phi) is 3.10. The number of nitriles is 1. The van der Waals surface area contributed by atoms with Crippen LogP contribution in [-0.2, 0) is 0 Å². The van der Waals surface area contributed by atoms with Crippen LogP contribution in [0.4, 0.5) is 8.78 Å². The lowest BCUT2D eigenvalue weighted by atomic mass is 10.0. The second-order valence-corrected chi connectivity index (χ2v) is 3.46. The Morgan fingerprint density at radius 1 is 1.06 bits per heavy atom. The molecule has 0 aliphatic heterocycles. The van der Waals surface area contributed by atoms with E-state index in [0.717, 1.165) is 5.56 Å². The van der Waals surface area contributed by atoms with Gasteiger partial charge in [0, 0.05) is 6.20 Å². The van der Waals surface area contributed by atoms with Crippen LogP contribution < -0.4 is 0 Å². The number of rotatable bonds is 2. The number of hydrogen-bond acceptors (Lipinski definition) is 2. The largest absolute Gasteiger partial charge is 0.280 e. The highest BCUT2D eigenvalue weighted by atomic mass is 19.3. The van der Waals surface area contributed by atoms with E-state index in [4.69, 9.17) is 5.26 Å². The molecule has 0 unspecified atom stereocenters. The van der Waals surface area contributed by atoms with Crippen LogP contribution in [0.5, 0.6) is 0 Å². The average Bonchev–Trinajstić information content (AvgIpc) is 2.39. The third-order valence-corrected chi connectivity index (χ3v) is 2.35. The van der Waals surface area contributed by atoms with Crippen molar-refractivity contribution in [2.75, 3.05) is 0 Å². The summed E-state index contributed by atoms with van der Waals surface area (Å²) in [7, 11) is 0. The molecule has 2 nitrogen and oxygen atoms in total. The Morgan fingerprint density at radius 2 is 1.76 bits per heavy atom. The lowest BCUT2D eigenvalue weighted by molar-refractivity contribution is 0.146. The Bertz CT molecular complexity index is 556. The monoisotopic (exact) mass is 230 g/mol. The fourth-order valence-electron chi connectivity index (χ4n) is 1.48. The third kappa shape index (κ3) is 2.45. The molecule has 1 aromatic carbocycles. The van der Waals surface area contributed by atoms with Gasteiger partial charge in [0.25, 0.3) is 6.43 Å². The van der Waals surface area contributed by atoms with Crippen molar-refractivity contribution in [3.63, 3.8) is 0 Å². The number of aromatic nitrogens is 1. The molecule has 1 aromatic heterocycles. The number of pyridine rings is 1. The maximum absolute atomic E-state index is 12.5. The van der Waals surface area contributed by atoms with Gasteiger partial charge in [-0.1, -0.05) is 12.1 Å². The van der Waals surface area contributed by atoms with Crippen molar-refractivity contribution >= 4 is 0 Å². The van der Waals surface area contributed by atoms with Gasteiger partial charge in [-0.15, -0.1) is 0 Å². The highest BCUT2D eigenvalue weighted by Crippen LogP contribution is 2.24. The van der Waals surface area contributed by atoms with Crippen LogP contribution in [0.15, 0.2) is 42.6 Å². The zero-order valence-corrected chi connectivity index (χ0v) is 8.77. The molecule has 0 spiro atoms. The highest BCUT2D eigenvalue weighted by Gasteiger charge is 2.09. The summed E-state index contributed by atoms with van der Waals surface area (Å²) in [5, 5.41) is 8.66. The fraction of sp³-hybridized carbons (Fsp3) is 0.0769. The van der Waals surface area contributed by atoms with E-state index in [0.29, 0.717) is 11.1 Å². The molecular formula is C13H8F2N2. The molecule has 2 rings (SSSR count). The number of hydrogen-bond donors (Lipinski definition) is 0. The van der Waals surface area contributed by atoms with Crippen LogP contribution in [0.2, 0.25) is 0 Å². The van der Waals surface area contributed by atoms with E-state index in [1.807, 2.05) is 6.07 Å². The van der Waals surface area contributed by atoms with Crippen LogP contribution in [0.1, 0.15) is 17.7 Å². The van der Waals surface area contributed by atoms with Crippen molar-refractivity contribution in [1.82, 2.24) is 4.98 Å². The Labute approximate surface area is 97.2 Å². The fourth-order valence-corrected chi connectivity index (χ4v) is 1.48. The number of alkyl halides is 2. The van der Waals surface area contributed by atoms with Crippen molar-refractivity contribution in [3.05, 3.63) is 53.9 Å². The topological polar surface area (TPSA) is 36.7 Å². The summed E-state index contributed by atoms with van der Waals surface area (Å²) in [6, 6.07) is 11.8. The van der Waals surface area contributed by atoms with Crippen molar-refractivity contribution in [2.24, 2.45) is 0 Å². The first kappa shape index (κ1) is 11.2. The molecule has 0 N–H and O–H groups in total. The summed E-state index contributed by atoms with van der Waals surface area (Å²) in [5.74, 6) is 0. The molecule has 0 saturated carbocycles. The van der Waals surface area contributed by atoms with E-state index in [1.165, 1.54) is 12.3 Å². The van der Waals surface area contributed by atoms with Gasteiger partial charge < -0.3 is 0 Å². The van der Waals surface area contributed by atoms with Gasteiger partial charge in [0.1, 0.15) is 5.69 Å². The van der Waals surface area contributed by atoms with Crippen molar-refractivity contribution in [3.8, 4) is 17.2 Å². The summed E-state index contributed by atoms with van der Waals surface area (Å²) in [6.07, 6.45) is -1.22. The van der Waals surface area contributed by atoms with E-state index < -0.39 is 6.43 Å². The van der Waals surface area contributed by atoms with Crippen LogP contribution in [0.25, 0.3) is 11.1 Å². The molecule has 0 saturated heterocycles. The molecule has 84 valence electrons. The molecule has 1 heterocycles. The zero-order chi connectivity index (χ0) is 12.3. The van der Waals surface area contributed by atoms with E-state index in [9.17, 15) is 8.78 Å². The molecule has 4 heteroatoms. The lowest BCUT2D eigenvalue weighted by Crippen LogP contribution is -1.90. The molecule has 17 heavy (non-hydrogen) atoms. The minimum atomic E-state index is -2.58. The standard InChI is InChI=1S/C13H8F2N2/c14-13(15)12-7-11(5-6-17-12)10-3-1-9(8-16)2-4-10/h1-7,13H. The van der Waals surface area contributed by atoms with Crippen molar-refractivity contribution in [1.29, 1.82) is 5.26 Å². The summed E-state index contributed by atoms with van der Waals surface area (Å²) in [6.45, 7) is 0. The van der Waals surface area contributed by atoms with Crippen molar-refractivity contribution in [2.45, 2.75) is 6.43 Å². The van der Waals surface area contributed by atoms with E-state index in [-0.39, 0.29) is 5.69 Å². The van der Waals surface area contributed by atoms with Gasteiger partial charge in [-0.05, 0) is 35.4 Å². The summed E-state index contributed by atoms with van der Waals surface area (Å²) < 4.78 is 25.0. The first-order chi connectivity index (χ1) is 8.20. The minimum Gasteiger partial charge on any atom is -0.255 e. The van der Waals surface area contributed by atoms with Gasteiger partial charge >= 0.3 is 0 Å². The van der Waals surface area contributed by atoms with Gasteiger partial charge in [-0.25, -0.2) is 8.78 Å². The molecule has 0 fully saturated rings. The summed E-state index contributed by atoms with van der Waals surface area (Å²) in [5.41, 5.74) is 1.75. The maximum Gasteiger partial charge on any atom is 0.280 e. The van der Waals surface area contributed by atoms with E-state index >= 15 is 0 Å². The SMILES string of the molecule is N#Cc1ccc(-c2ccnc(C(F)F)c2)cc1.